The number of amides is 1. The van der Waals surface area contributed by atoms with E-state index in [0.717, 1.165) is 17.0 Å². The number of aryl methyl sites for hydroxylation is 2. The third-order valence-corrected chi connectivity index (χ3v) is 3.68. The molecule has 3 aromatic rings. The van der Waals surface area contributed by atoms with Crippen molar-refractivity contribution in [3.63, 3.8) is 0 Å². The van der Waals surface area contributed by atoms with E-state index in [1.165, 1.54) is 0 Å². The van der Waals surface area contributed by atoms with Crippen LogP contribution in [0.15, 0.2) is 51.6 Å². The van der Waals surface area contributed by atoms with Crippen LogP contribution in [0.25, 0.3) is 0 Å². The normalized spacial score (nSPS) is 10.6. The molecule has 0 aliphatic carbocycles. The maximum Gasteiger partial charge on any atom is 0.251 e. The van der Waals surface area contributed by atoms with Crippen molar-refractivity contribution in [1.82, 2.24) is 10.5 Å². The summed E-state index contributed by atoms with van der Waals surface area (Å²) >= 11 is 0. The second-order valence-electron chi connectivity index (χ2n) is 5.38. The first-order valence-corrected chi connectivity index (χ1v) is 7.58. The number of benzene rings is 1. The third kappa shape index (κ3) is 3.65. The molecule has 0 atom stereocenters. The Morgan fingerprint density at radius 3 is 2.62 bits per heavy atom. The molecule has 24 heavy (non-hydrogen) atoms. The van der Waals surface area contributed by atoms with E-state index in [4.69, 9.17) is 13.7 Å². The fourth-order valence-electron chi connectivity index (χ4n) is 2.25. The lowest BCUT2D eigenvalue weighted by atomic mass is 10.2. The van der Waals surface area contributed by atoms with Gasteiger partial charge in [0.15, 0.2) is 0 Å². The van der Waals surface area contributed by atoms with E-state index in [0.29, 0.717) is 30.2 Å². The monoisotopic (exact) mass is 326 g/mol. The quantitative estimate of drug-likeness (QED) is 0.751. The van der Waals surface area contributed by atoms with Gasteiger partial charge in [0.25, 0.3) is 5.91 Å². The Kier molecular flexibility index (Phi) is 4.65. The highest BCUT2D eigenvalue weighted by Crippen LogP contribution is 2.18. The van der Waals surface area contributed by atoms with E-state index in [-0.39, 0.29) is 5.91 Å². The molecule has 0 aliphatic rings. The zero-order valence-corrected chi connectivity index (χ0v) is 13.5. The summed E-state index contributed by atoms with van der Waals surface area (Å²) in [7, 11) is 0. The van der Waals surface area contributed by atoms with Crippen LogP contribution in [0.2, 0.25) is 0 Å². The van der Waals surface area contributed by atoms with E-state index in [9.17, 15) is 4.79 Å². The number of aromatic nitrogens is 1. The summed E-state index contributed by atoms with van der Waals surface area (Å²) < 4.78 is 16.0. The predicted octanol–water partition coefficient (Wildman–Crippen LogP) is 3.39. The second kappa shape index (κ2) is 7.04. The van der Waals surface area contributed by atoms with Gasteiger partial charge in [-0.05, 0) is 50.2 Å². The van der Waals surface area contributed by atoms with Crippen LogP contribution in [0.5, 0.6) is 5.75 Å². The first kappa shape index (κ1) is 15.9. The van der Waals surface area contributed by atoms with E-state index in [1.807, 2.05) is 19.9 Å². The van der Waals surface area contributed by atoms with Gasteiger partial charge in [-0.2, -0.15) is 0 Å². The van der Waals surface area contributed by atoms with Crippen LogP contribution >= 0.6 is 0 Å². The smallest absolute Gasteiger partial charge is 0.251 e. The van der Waals surface area contributed by atoms with Gasteiger partial charge in [0.05, 0.1) is 24.1 Å². The number of rotatable bonds is 6. The maximum atomic E-state index is 12.1. The first-order chi connectivity index (χ1) is 11.6. The van der Waals surface area contributed by atoms with Gasteiger partial charge in [-0.25, -0.2) is 0 Å². The minimum absolute atomic E-state index is 0.163. The van der Waals surface area contributed by atoms with Crippen molar-refractivity contribution >= 4 is 5.91 Å². The largest absolute Gasteiger partial charge is 0.489 e. The molecule has 0 bridgehead atoms. The minimum atomic E-state index is -0.163. The van der Waals surface area contributed by atoms with Gasteiger partial charge in [0.1, 0.15) is 23.9 Å². The summed E-state index contributed by atoms with van der Waals surface area (Å²) in [4.78, 5) is 12.1. The molecule has 1 N–H and O–H groups in total. The van der Waals surface area contributed by atoms with Crippen LogP contribution in [0.3, 0.4) is 0 Å². The Bertz CT molecular complexity index is 785. The lowest BCUT2D eigenvalue weighted by Crippen LogP contribution is -2.22. The van der Waals surface area contributed by atoms with Crippen molar-refractivity contribution in [1.29, 1.82) is 0 Å². The number of nitrogens with zero attached hydrogens (tertiary/aromatic N) is 1. The molecule has 0 unspecified atom stereocenters. The van der Waals surface area contributed by atoms with Gasteiger partial charge in [0, 0.05) is 5.56 Å². The van der Waals surface area contributed by atoms with E-state index < -0.39 is 0 Å². The molecule has 0 spiro atoms. The van der Waals surface area contributed by atoms with Crippen LogP contribution in [0.1, 0.15) is 33.1 Å². The molecule has 0 aliphatic heterocycles. The SMILES string of the molecule is Cc1noc(C)c1COc1ccc(C(=O)NCc2ccco2)cc1. The third-order valence-electron chi connectivity index (χ3n) is 3.68. The predicted molar refractivity (Wildman–Crippen MR) is 86.6 cm³/mol. The number of carbonyl (C=O) groups is 1. The Balaban J connectivity index is 1.55. The standard InChI is InChI=1S/C18H18N2O4/c1-12-17(13(2)24-20-12)11-23-15-7-5-14(6-8-15)18(21)19-10-16-4-3-9-22-16/h3-9H,10-11H2,1-2H3,(H,19,21). The molecular formula is C18H18N2O4. The molecule has 6 heteroatoms. The Morgan fingerprint density at radius 2 is 2.00 bits per heavy atom. The number of hydrogen-bond acceptors (Lipinski definition) is 5. The van der Waals surface area contributed by atoms with E-state index in [1.54, 1.807) is 36.6 Å². The Hall–Kier alpha value is -3.02. The molecule has 2 heterocycles. The van der Waals surface area contributed by atoms with Crippen molar-refractivity contribution < 1.29 is 18.5 Å². The van der Waals surface area contributed by atoms with Crippen LogP contribution in [-0.4, -0.2) is 11.1 Å². The molecule has 2 aromatic heterocycles. The highest BCUT2D eigenvalue weighted by molar-refractivity contribution is 5.94. The van der Waals surface area contributed by atoms with Crippen LogP contribution in [-0.2, 0) is 13.2 Å². The van der Waals surface area contributed by atoms with Gasteiger partial charge in [0.2, 0.25) is 0 Å². The van der Waals surface area contributed by atoms with E-state index in [2.05, 4.69) is 10.5 Å². The van der Waals surface area contributed by atoms with E-state index >= 15 is 0 Å². The first-order valence-electron chi connectivity index (χ1n) is 7.58. The molecule has 3 rings (SSSR count). The highest BCUT2D eigenvalue weighted by atomic mass is 16.5. The van der Waals surface area contributed by atoms with Crippen LogP contribution in [0.4, 0.5) is 0 Å². The number of nitrogens with one attached hydrogen (secondary N) is 1. The number of carbonyl (C=O) groups excluding carboxylic acids is 1. The van der Waals surface area contributed by atoms with Crippen LogP contribution in [0, 0.1) is 13.8 Å². The molecule has 124 valence electrons. The van der Waals surface area contributed by atoms with Gasteiger partial charge in [-0.1, -0.05) is 5.16 Å². The highest BCUT2D eigenvalue weighted by Gasteiger charge is 2.10. The van der Waals surface area contributed by atoms with Crippen LogP contribution < -0.4 is 10.1 Å². The molecular weight excluding hydrogens is 308 g/mol. The molecule has 1 amide bonds. The van der Waals surface area contributed by atoms with Crippen molar-refractivity contribution in [2.45, 2.75) is 27.0 Å². The fraction of sp³-hybridized carbons (Fsp3) is 0.222. The Morgan fingerprint density at radius 1 is 1.21 bits per heavy atom. The lowest BCUT2D eigenvalue weighted by molar-refractivity contribution is 0.0948. The van der Waals surface area contributed by atoms with Crippen molar-refractivity contribution in [3.8, 4) is 5.75 Å². The van der Waals surface area contributed by atoms with Gasteiger partial charge >= 0.3 is 0 Å². The number of hydrogen-bond donors (Lipinski definition) is 1. The maximum absolute atomic E-state index is 12.1. The molecule has 0 saturated carbocycles. The van der Waals surface area contributed by atoms with Crippen molar-refractivity contribution in [3.05, 3.63) is 71.0 Å². The molecule has 0 fully saturated rings. The Labute approximate surface area is 139 Å². The summed E-state index contributed by atoms with van der Waals surface area (Å²) in [6.07, 6.45) is 1.58. The summed E-state index contributed by atoms with van der Waals surface area (Å²) in [6, 6.07) is 10.6. The van der Waals surface area contributed by atoms with Crippen molar-refractivity contribution in [2.24, 2.45) is 0 Å². The summed E-state index contributed by atoms with van der Waals surface area (Å²) in [6.45, 7) is 4.47. The number of furan rings is 1. The zero-order valence-electron chi connectivity index (χ0n) is 13.5. The summed E-state index contributed by atoms with van der Waals surface area (Å²) in [5.74, 6) is 1.98. The van der Waals surface area contributed by atoms with Crippen molar-refractivity contribution in [2.75, 3.05) is 0 Å². The zero-order chi connectivity index (χ0) is 16.9. The molecule has 0 saturated heterocycles. The summed E-state index contributed by atoms with van der Waals surface area (Å²) in [5, 5.41) is 6.69. The average Bonchev–Trinajstić information content (AvgIpc) is 3.22. The van der Waals surface area contributed by atoms with Gasteiger partial charge < -0.3 is 19.0 Å². The minimum Gasteiger partial charge on any atom is -0.489 e. The number of ether oxygens (including phenoxy) is 1. The summed E-state index contributed by atoms with van der Waals surface area (Å²) in [5.41, 5.74) is 2.32. The topological polar surface area (TPSA) is 77.5 Å². The average molecular weight is 326 g/mol. The fourth-order valence-corrected chi connectivity index (χ4v) is 2.25. The molecule has 0 radical (unpaired) electrons. The lowest BCUT2D eigenvalue weighted by Gasteiger charge is -2.07. The molecule has 1 aromatic carbocycles. The van der Waals surface area contributed by atoms with Gasteiger partial charge in [-0.3, -0.25) is 4.79 Å². The second-order valence-corrected chi connectivity index (χ2v) is 5.38. The van der Waals surface area contributed by atoms with Gasteiger partial charge in [-0.15, -0.1) is 0 Å². The molecule has 6 nitrogen and oxygen atoms in total.